The number of nitrogens with zero attached hydrogens (tertiary/aromatic N) is 2. The molecule has 0 saturated heterocycles. The minimum absolute atomic E-state index is 0.111. The molecular formula is C14H15N3O2. The summed E-state index contributed by atoms with van der Waals surface area (Å²) in [5.41, 5.74) is 1.58. The quantitative estimate of drug-likeness (QED) is 0.918. The van der Waals surface area contributed by atoms with Gasteiger partial charge in [-0.25, -0.2) is 0 Å². The summed E-state index contributed by atoms with van der Waals surface area (Å²) >= 11 is 0. The van der Waals surface area contributed by atoms with Crippen LogP contribution in [0.5, 0.6) is 0 Å². The van der Waals surface area contributed by atoms with E-state index in [-0.39, 0.29) is 11.8 Å². The van der Waals surface area contributed by atoms with Crippen LogP contribution in [0.25, 0.3) is 11.5 Å². The topological polar surface area (TPSA) is 68.0 Å². The van der Waals surface area contributed by atoms with Crippen LogP contribution in [0.2, 0.25) is 0 Å². The van der Waals surface area contributed by atoms with E-state index in [4.69, 9.17) is 4.42 Å². The van der Waals surface area contributed by atoms with Crippen LogP contribution in [0.15, 0.2) is 35.1 Å². The number of hydrogen-bond acceptors (Lipinski definition) is 4. The van der Waals surface area contributed by atoms with Gasteiger partial charge >= 0.3 is 0 Å². The Morgan fingerprint density at radius 1 is 1.32 bits per heavy atom. The van der Waals surface area contributed by atoms with Crippen molar-refractivity contribution in [2.45, 2.75) is 25.7 Å². The van der Waals surface area contributed by atoms with E-state index in [1.165, 1.54) is 6.39 Å². The van der Waals surface area contributed by atoms with Crippen molar-refractivity contribution in [1.29, 1.82) is 0 Å². The molecule has 98 valence electrons. The molecule has 1 aliphatic carbocycles. The fourth-order valence-electron chi connectivity index (χ4n) is 2.46. The van der Waals surface area contributed by atoms with E-state index in [0.717, 1.165) is 36.9 Å². The predicted octanol–water partition coefficient (Wildman–Crippen LogP) is 2.87. The lowest BCUT2D eigenvalue weighted by Gasteiger charge is -2.10. The Bertz CT molecular complexity index is 560. The second kappa shape index (κ2) is 5.22. The standard InChI is InChI=1S/C14H15N3O2/c18-13(10-4-1-2-5-10)16-12-7-3-6-11(8-12)14-17-15-9-19-14/h3,6-10H,1-2,4-5H2,(H,16,18). The van der Waals surface area contributed by atoms with Gasteiger partial charge in [-0.3, -0.25) is 4.79 Å². The molecule has 1 heterocycles. The summed E-state index contributed by atoms with van der Waals surface area (Å²) in [6.45, 7) is 0. The zero-order valence-electron chi connectivity index (χ0n) is 10.5. The molecule has 1 N–H and O–H groups in total. The third kappa shape index (κ3) is 2.65. The van der Waals surface area contributed by atoms with Gasteiger partial charge < -0.3 is 9.73 Å². The third-order valence-corrected chi connectivity index (χ3v) is 3.46. The zero-order chi connectivity index (χ0) is 13.1. The number of carbonyl (C=O) groups excluding carboxylic acids is 1. The van der Waals surface area contributed by atoms with Crippen molar-refractivity contribution in [3.63, 3.8) is 0 Å². The number of amides is 1. The van der Waals surface area contributed by atoms with Crippen LogP contribution in [0, 0.1) is 5.92 Å². The van der Waals surface area contributed by atoms with Gasteiger partial charge in [0.25, 0.3) is 0 Å². The van der Waals surface area contributed by atoms with Gasteiger partial charge in [0.15, 0.2) is 0 Å². The summed E-state index contributed by atoms with van der Waals surface area (Å²) in [4.78, 5) is 12.1. The molecule has 2 aromatic rings. The average Bonchev–Trinajstić information content (AvgIpc) is 3.13. The highest BCUT2D eigenvalue weighted by atomic mass is 16.4. The maximum atomic E-state index is 12.1. The Hall–Kier alpha value is -2.17. The van der Waals surface area contributed by atoms with Gasteiger partial charge in [-0.15, -0.1) is 10.2 Å². The summed E-state index contributed by atoms with van der Waals surface area (Å²) in [7, 11) is 0. The van der Waals surface area contributed by atoms with Gasteiger partial charge in [0.05, 0.1) is 0 Å². The summed E-state index contributed by atoms with van der Waals surface area (Å²) in [6.07, 6.45) is 5.59. The number of rotatable bonds is 3. The van der Waals surface area contributed by atoms with Gasteiger partial charge in [-0.05, 0) is 31.0 Å². The molecule has 1 saturated carbocycles. The second-order valence-corrected chi connectivity index (χ2v) is 4.80. The highest BCUT2D eigenvalue weighted by Crippen LogP contribution is 2.27. The number of carbonyl (C=O) groups is 1. The van der Waals surface area contributed by atoms with E-state index < -0.39 is 0 Å². The number of hydrogen-bond donors (Lipinski definition) is 1. The molecule has 0 atom stereocenters. The lowest BCUT2D eigenvalue weighted by atomic mass is 10.1. The zero-order valence-corrected chi connectivity index (χ0v) is 10.5. The van der Waals surface area contributed by atoms with Crippen LogP contribution in [-0.2, 0) is 4.79 Å². The second-order valence-electron chi connectivity index (χ2n) is 4.80. The van der Waals surface area contributed by atoms with Gasteiger partial charge in [0, 0.05) is 17.2 Å². The van der Waals surface area contributed by atoms with Crippen molar-refractivity contribution in [3.05, 3.63) is 30.7 Å². The molecule has 0 spiro atoms. The van der Waals surface area contributed by atoms with Crippen LogP contribution in [0.4, 0.5) is 5.69 Å². The van der Waals surface area contributed by atoms with Crippen molar-refractivity contribution in [2.75, 3.05) is 5.32 Å². The molecule has 1 aromatic heterocycles. The number of aromatic nitrogens is 2. The van der Waals surface area contributed by atoms with Crippen LogP contribution < -0.4 is 5.32 Å². The molecule has 0 bridgehead atoms. The van der Waals surface area contributed by atoms with Crippen molar-refractivity contribution in [1.82, 2.24) is 10.2 Å². The molecule has 5 nitrogen and oxygen atoms in total. The van der Waals surface area contributed by atoms with Crippen LogP contribution >= 0.6 is 0 Å². The number of anilines is 1. The molecule has 1 aliphatic rings. The lowest BCUT2D eigenvalue weighted by molar-refractivity contribution is -0.119. The number of nitrogens with one attached hydrogen (secondary N) is 1. The molecule has 0 aliphatic heterocycles. The maximum absolute atomic E-state index is 12.1. The summed E-state index contributed by atoms with van der Waals surface area (Å²) < 4.78 is 5.14. The SMILES string of the molecule is O=C(Nc1cccc(-c2nnco2)c1)C1CCCC1. The molecule has 0 radical (unpaired) electrons. The van der Waals surface area contributed by atoms with E-state index in [1.807, 2.05) is 24.3 Å². The summed E-state index contributed by atoms with van der Waals surface area (Å²) in [5, 5.41) is 10.5. The van der Waals surface area contributed by atoms with Gasteiger partial charge in [-0.1, -0.05) is 18.9 Å². The Balaban J connectivity index is 1.74. The molecular weight excluding hydrogens is 242 g/mol. The Morgan fingerprint density at radius 2 is 2.16 bits per heavy atom. The minimum Gasteiger partial charge on any atom is -0.423 e. The molecule has 19 heavy (non-hydrogen) atoms. The molecule has 5 heteroatoms. The van der Waals surface area contributed by atoms with Crippen LogP contribution in [0.1, 0.15) is 25.7 Å². The lowest BCUT2D eigenvalue weighted by Crippen LogP contribution is -2.20. The highest BCUT2D eigenvalue weighted by Gasteiger charge is 2.22. The Morgan fingerprint density at radius 3 is 2.89 bits per heavy atom. The van der Waals surface area contributed by atoms with Gasteiger partial charge in [-0.2, -0.15) is 0 Å². The van der Waals surface area contributed by atoms with E-state index >= 15 is 0 Å². The van der Waals surface area contributed by atoms with Crippen molar-refractivity contribution >= 4 is 11.6 Å². The molecule has 1 fully saturated rings. The summed E-state index contributed by atoms with van der Waals surface area (Å²) in [6, 6.07) is 7.45. The third-order valence-electron chi connectivity index (χ3n) is 3.46. The molecule has 1 aromatic carbocycles. The first-order valence-corrected chi connectivity index (χ1v) is 6.50. The van der Waals surface area contributed by atoms with Crippen molar-refractivity contribution in [2.24, 2.45) is 5.92 Å². The smallest absolute Gasteiger partial charge is 0.247 e. The van der Waals surface area contributed by atoms with E-state index in [2.05, 4.69) is 15.5 Å². The maximum Gasteiger partial charge on any atom is 0.247 e. The molecule has 1 amide bonds. The van der Waals surface area contributed by atoms with Crippen molar-refractivity contribution < 1.29 is 9.21 Å². The normalized spacial score (nSPS) is 15.6. The molecule has 3 rings (SSSR count). The average molecular weight is 257 g/mol. The van der Waals surface area contributed by atoms with E-state index in [9.17, 15) is 4.79 Å². The first kappa shape index (κ1) is 11.9. The van der Waals surface area contributed by atoms with Crippen LogP contribution in [-0.4, -0.2) is 16.1 Å². The van der Waals surface area contributed by atoms with Gasteiger partial charge in [0.2, 0.25) is 18.2 Å². The summed E-state index contributed by atoms with van der Waals surface area (Å²) in [5.74, 6) is 0.726. The molecule has 0 unspecified atom stereocenters. The predicted molar refractivity (Wildman–Crippen MR) is 70.3 cm³/mol. The fraction of sp³-hybridized carbons (Fsp3) is 0.357. The van der Waals surface area contributed by atoms with E-state index in [0.29, 0.717) is 5.89 Å². The first-order valence-electron chi connectivity index (χ1n) is 6.50. The Labute approximate surface area is 111 Å². The number of benzene rings is 1. The minimum atomic E-state index is 0.111. The van der Waals surface area contributed by atoms with E-state index in [1.54, 1.807) is 0 Å². The first-order chi connectivity index (χ1) is 9.33. The van der Waals surface area contributed by atoms with Crippen LogP contribution in [0.3, 0.4) is 0 Å². The largest absolute Gasteiger partial charge is 0.423 e. The highest BCUT2D eigenvalue weighted by molar-refractivity contribution is 5.93. The van der Waals surface area contributed by atoms with Crippen molar-refractivity contribution in [3.8, 4) is 11.5 Å². The van der Waals surface area contributed by atoms with Gasteiger partial charge in [0.1, 0.15) is 0 Å². The monoisotopic (exact) mass is 257 g/mol. The fourth-order valence-corrected chi connectivity index (χ4v) is 2.46. The Kier molecular flexibility index (Phi) is 3.27.